The highest BCUT2D eigenvalue weighted by atomic mass is 16.6. The summed E-state index contributed by atoms with van der Waals surface area (Å²) < 4.78 is 10.7. The molecule has 0 aliphatic carbocycles. The lowest BCUT2D eigenvalue weighted by Crippen LogP contribution is -2.43. The quantitative estimate of drug-likeness (QED) is 0.673. The molecule has 0 aromatic heterocycles. The number of nitrogens with one attached hydrogen (secondary N) is 1. The largest absolute Gasteiger partial charge is 0.493 e. The van der Waals surface area contributed by atoms with E-state index >= 15 is 0 Å². The van der Waals surface area contributed by atoms with Gasteiger partial charge in [-0.25, -0.2) is 4.79 Å². The molecule has 6 nitrogen and oxygen atoms in total. The fraction of sp³-hybridized carbons (Fsp3) is 0.300. The second-order valence-electron chi connectivity index (χ2n) is 6.13. The van der Waals surface area contributed by atoms with E-state index in [1.807, 2.05) is 36.4 Å². The Morgan fingerprint density at radius 3 is 2.23 bits per heavy atom. The number of urea groups is 1. The van der Waals surface area contributed by atoms with E-state index in [2.05, 4.69) is 5.32 Å². The zero-order chi connectivity index (χ0) is 18.4. The number of nitrogens with zero attached hydrogens (tertiary/aromatic N) is 1. The van der Waals surface area contributed by atoms with Crippen LogP contribution in [-0.2, 0) is 4.79 Å². The van der Waals surface area contributed by atoms with Gasteiger partial charge < -0.3 is 19.7 Å². The van der Waals surface area contributed by atoms with Gasteiger partial charge in [0, 0.05) is 18.8 Å². The number of rotatable bonds is 4. The molecular weight excluding hydrogens is 332 g/mol. The number of para-hydroxylation sites is 3. The predicted octanol–water partition coefficient (Wildman–Crippen LogP) is 3.54. The number of ether oxygens (including phenoxy) is 2. The maximum atomic E-state index is 12.4. The van der Waals surface area contributed by atoms with Crippen molar-refractivity contribution < 1.29 is 19.1 Å². The van der Waals surface area contributed by atoms with E-state index in [0.717, 1.165) is 5.69 Å². The smallest absolute Gasteiger partial charge is 0.321 e. The summed E-state index contributed by atoms with van der Waals surface area (Å²) in [6.07, 6.45) is 1.16. The predicted molar refractivity (Wildman–Crippen MR) is 98.4 cm³/mol. The normalized spacial score (nSPS) is 14.6. The first-order valence-corrected chi connectivity index (χ1v) is 8.63. The van der Waals surface area contributed by atoms with E-state index in [0.29, 0.717) is 37.4 Å². The zero-order valence-electron chi connectivity index (χ0n) is 14.7. The first-order valence-electron chi connectivity index (χ1n) is 8.63. The van der Waals surface area contributed by atoms with E-state index in [9.17, 15) is 9.59 Å². The van der Waals surface area contributed by atoms with Crippen LogP contribution in [0.15, 0.2) is 54.6 Å². The monoisotopic (exact) mass is 354 g/mol. The molecule has 136 valence electrons. The van der Waals surface area contributed by atoms with Crippen LogP contribution in [0.5, 0.6) is 11.5 Å². The van der Waals surface area contributed by atoms with Crippen LogP contribution in [0.1, 0.15) is 12.8 Å². The average Bonchev–Trinajstić information content (AvgIpc) is 2.69. The van der Waals surface area contributed by atoms with Crippen LogP contribution in [0.2, 0.25) is 0 Å². The minimum Gasteiger partial charge on any atom is -0.493 e. The molecule has 0 bridgehead atoms. The van der Waals surface area contributed by atoms with E-state index < -0.39 is 0 Å². The van der Waals surface area contributed by atoms with Crippen LogP contribution in [-0.4, -0.2) is 37.1 Å². The Kier molecular flexibility index (Phi) is 5.73. The van der Waals surface area contributed by atoms with Crippen LogP contribution in [0.25, 0.3) is 0 Å². The van der Waals surface area contributed by atoms with Crippen molar-refractivity contribution >= 4 is 17.7 Å². The van der Waals surface area contributed by atoms with Crippen molar-refractivity contribution in [2.24, 2.45) is 5.92 Å². The van der Waals surface area contributed by atoms with Crippen molar-refractivity contribution in [2.75, 3.05) is 25.5 Å². The maximum absolute atomic E-state index is 12.4. The van der Waals surface area contributed by atoms with E-state index in [1.54, 1.807) is 23.1 Å². The Morgan fingerprint density at radius 1 is 0.962 bits per heavy atom. The highest BCUT2D eigenvalue weighted by Crippen LogP contribution is 2.28. The first-order chi connectivity index (χ1) is 12.7. The second-order valence-corrected chi connectivity index (χ2v) is 6.13. The summed E-state index contributed by atoms with van der Waals surface area (Å²) in [5.74, 6) is 0.447. The van der Waals surface area contributed by atoms with E-state index in [-0.39, 0.29) is 17.9 Å². The number of carbonyl (C=O) groups is 2. The Balaban J connectivity index is 1.51. The summed E-state index contributed by atoms with van der Waals surface area (Å²) in [4.78, 5) is 26.4. The summed E-state index contributed by atoms with van der Waals surface area (Å²) in [6.45, 7) is 1.04. The summed E-state index contributed by atoms with van der Waals surface area (Å²) in [5, 5.41) is 2.86. The third kappa shape index (κ3) is 4.33. The molecule has 1 saturated heterocycles. The van der Waals surface area contributed by atoms with Gasteiger partial charge in [-0.3, -0.25) is 4.79 Å². The molecular formula is C20H22N2O4. The lowest BCUT2D eigenvalue weighted by molar-refractivity contribution is -0.140. The van der Waals surface area contributed by atoms with Gasteiger partial charge >= 0.3 is 12.0 Å². The molecule has 0 radical (unpaired) electrons. The van der Waals surface area contributed by atoms with Crippen molar-refractivity contribution in [1.82, 2.24) is 4.90 Å². The number of piperidine rings is 1. The number of methoxy groups -OCH3 is 1. The number of esters is 1. The molecule has 0 spiro atoms. The minimum absolute atomic E-state index is 0.146. The second kappa shape index (κ2) is 8.38. The third-order valence-corrected chi connectivity index (χ3v) is 4.42. The lowest BCUT2D eigenvalue weighted by Gasteiger charge is -2.31. The van der Waals surface area contributed by atoms with Crippen molar-refractivity contribution in [2.45, 2.75) is 12.8 Å². The van der Waals surface area contributed by atoms with Gasteiger partial charge in [0.05, 0.1) is 13.0 Å². The molecule has 1 heterocycles. The topological polar surface area (TPSA) is 67.9 Å². The van der Waals surface area contributed by atoms with Crippen molar-refractivity contribution in [1.29, 1.82) is 0 Å². The van der Waals surface area contributed by atoms with Crippen LogP contribution in [0.4, 0.5) is 10.5 Å². The van der Waals surface area contributed by atoms with Crippen molar-refractivity contribution in [3.63, 3.8) is 0 Å². The molecule has 2 amide bonds. The highest BCUT2D eigenvalue weighted by molar-refractivity contribution is 5.89. The molecule has 1 N–H and O–H groups in total. The van der Waals surface area contributed by atoms with Gasteiger partial charge in [-0.2, -0.15) is 0 Å². The average molecular weight is 354 g/mol. The molecule has 6 heteroatoms. The Labute approximate surface area is 152 Å². The summed E-state index contributed by atoms with van der Waals surface area (Å²) in [5.41, 5.74) is 0.759. The highest BCUT2D eigenvalue weighted by Gasteiger charge is 2.29. The standard InChI is InChI=1S/C20H22N2O4/c1-25-17-9-5-6-10-18(17)26-19(23)15-11-13-22(14-12-15)20(24)21-16-7-3-2-4-8-16/h2-10,15H,11-14H2,1H3,(H,21,24). The number of benzene rings is 2. The summed E-state index contributed by atoms with van der Waals surface area (Å²) in [6, 6.07) is 16.2. The molecule has 0 unspecified atom stereocenters. The molecule has 2 aromatic carbocycles. The van der Waals surface area contributed by atoms with E-state index in [1.165, 1.54) is 7.11 Å². The molecule has 2 aromatic rings. The lowest BCUT2D eigenvalue weighted by atomic mass is 9.97. The SMILES string of the molecule is COc1ccccc1OC(=O)C1CCN(C(=O)Nc2ccccc2)CC1. The number of hydrogen-bond acceptors (Lipinski definition) is 4. The summed E-state index contributed by atoms with van der Waals surface area (Å²) in [7, 11) is 1.54. The number of likely N-dealkylation sites (tertiary alicyclic amines) is 1. The van der Waals surface area contributed by atoms with Gasteiger partial charge in [-0.15, -0.1) is 0 Å². The van der Waals surface area contributed by atoms with Gasteiger partial charge in [0.25, 0.3) is 0 Å². The Bertz CT molecular complexity index is 755. The third-order valence-electron chi connectivity index (χ3n) is 4.42. The van der Waals surface area contributed by atoms with Gasteiger partial charge in [-0.05, 0) is 37.1 Å². The zero-order valence-corrected chi connectivity index (χ0v) is 14.7. The van der Waals surface area contributed by atoms with E-state index in [4.69, 9.17) is 9.47 Å². The first kappa shape index (κ1) is 17.8. The molecule has 3 rings (SSSR count). The molecule has 0 atom stereocenters. The Hall–Kier alpha value is -3.02. The molecule has 26 heavy (non-hydrogen) atoms. The van der Waals surface area contributed by atoms with Gasteiger partial charge in [0.1, 0.15) is 0 Å². The number of hydrogen-bond donors (Lipinski definition) is 1. The van der Waals surface area contributed by atoms with Crippen LogP contribution in [0.3, 0.4) is 0 Å². The van der Waals surface area contributed by atoms with Crippen LogP contribution in [0, 0.1) is 5.92 Å². The fourth-order valence-corrected chi connectivity index (χ4v) is 2.94. The van der Waals surface area contributed by atoms with Crippen molar-refractivity contribution in [3.8, 4) is 11.5 Å². The molecule has 1 fully saturated rings. The number of carbonyl (C=O) groups excluding carboxylic acids is 2. The molecule has 1 aliphatic heterocycles. The Morgan fingerprint density at radius 2 is 1.58 bits per heavy atom. The molecule has 1 aliphatic rings. The minimum atomic E-state index is -0.280. The van der Waals surface area contributed by atoms with Crippen LogP contribution >= 0.6 is 0 Å². The molecule has 0 saturated carbocycles. The fourth-order valence-electron chi connectivity index (χ4n) is 2.94. The van der Waals surface area contributed by atoms with Gasteiger partial charge in [0.2, 0.25) is 0 Å². The van der Waals surface area contributed by atoms with Gasteiger partial charge in [0.15, 0.2) is 11.5 Å². The van der Waals surface area contributed by atoms with Crippen LogP contribution < -0.4 is 14.8 Å². The summed E-state index contributed by atoms with van der Waals surface area (Å²) >= 11 is 0. The number of amides is 2. The van der Waals surface area contributed by atoms with Crippen molar-refractivity contribution in [3.05, 3.63) is 54.6 Å². The maximum Gasteiger partial charge on any atom is 0.321 e. The number of anilines is 1. The van der Waals surface area contributed by atoms with Gasteiger partial charge in [-0.1, -0.05) is 30.3 Å².